The standard InChI is InChI=1S/C9H19NO.C9H18O2/c1-8(2,3)7(11)10-9(4,5)6;1-8(2,3)7(10)11-9(4,5)6/h1-6H3,(H,10,11);1-6H3. The lowest BCUT2D eigenvalue weighted by Crippen LogP contribution is -2.46. The Bertz CT molecular complexity index is 333. The van der Waals surface area contributed by atoms with Crippen LogP contribution in [-0.4, -0.2) is 23.0 Å². The van der Waals surface area contributed by atoms with Gasteiger partial charge in [0, 0.05) is 11.0 Å². The summed E-state index contributed by atoms with van der Waals surface area (Å²) in [6.07, 6.45) is 0. The van der Waals surface area contributed by atoms with Crippen LogP contribution < -0.4 is 5.32 Å². The van der Waals surface area contributed by atoms with Crippen LogP contribution in [0.25, 0.3) is 0 Å². The van der Waals surface area contributed by atoms with Crippen LogP contribution in [0.2, 0.25) is 0 Å². The lowest BCUT2D eigenvalue weighted by molar-refractivity contribution is -0.164. The molecule has 0 fully saturated rings. The van der Waals surface area contributed by atoms with E-state index in [1.807, 2.05) is 83.1 Å². The monoisotopic (exact) mass is 315 g/mol. The van der Waals surface area contributed by atoms with Crippen LogP contribution >= 0.6 is 0 Å². The number of ether oxygens (including phenoxy) is 1. The summed E-state index contributed by atoms with van der Waals surface area (Å²) in [4.78, 5) is 22.6. The SMILES string of the molecule is CC(C)(C)NC(=O)C(C)(C)C.CC(C)(C)OC(=O)C(C)(C)C. The Hall–Kier alpha value is -1.06. The third-order valence-corrected chi connectivity index (χ3v) is 2.18. The summed E-state index contributed by atoms with van der Waals surface area (Å²) in [5.41, 5.74) is -1.17. The largest absolute Gasteiger partial charge is 0.460 e. The minimum absolute atomic E-state index is 0.102. The summed E-state index contributed by atoms with van der Waals surface area (Å²) in [6.45, 7) is 22.8. The van der Waals surface area contributed by atoms with E-state index in [-0.39, 0.29) is 28.4 Å². The predicted octanol–water partition coefficient (Wildman–Crippen LogP) is 4.32. The van der Waals surface area contributed by atoms with Crippen LogP contribution in [0, 0.1) is 10.8 Å². The first-order chi connectivity index (χ1) is 9.26. The molecule has 0 aromatic carbocycles. The molecule has 22 heavy (non-hydrogen) atoms. The molecule has 0 aliphatic heterocycles. The van der Waals surface area contributed by atoms with Crippen molar-refractivity contribution >= 4 is 11.9 Å². The fourth-order valence-electron chi connectivity index (χ4n) is 0.959. The number of esters is 1. The highest BCUT2D eigenvalue weighted by Gasteiger charge is 2.27. The molecule has 4 heteroatoms. The molecule has 0 rings (SSSR count). The number of rotatable bonds is 0. The van der Waals surface area contributed by atoms with Crippen molar-refractivity contribution in [3.8, 4) is 0 Å². The number of nitrogens with one attached hydrogen (secondary N) is 1. The molecule has 0 saturated heterocycles. The maximum Gasteiger partial charge on any atom is 0.311 e. The van der Waals surface area contributed by atoms with Gasteiger partial charge in [0.25, 0.3) is 0 Å². The molecule has 0 bridgehead atoms. The molecule has 0 heterocycles. The summed E-state index contributed by atoms with van der Waals surface area (Å²) >= 11 is 0. The second-order valence-electron chi connectivity index (χ2n) is 9.71. The van der Waals surface area contributed by atoms with E-state index in [4.69, 9.17) is 4.74 Å². The van der Waals surface area contributed by atoms with Crippen molar-refractivity contribution in [1.29, 1.82) is 0 Å². The second kappa shape index (κ2) is 7.47. The van der Waals surface area contributed by atoms with E-state index in [9.17, 15) is 9.59 Å². The molecule has 0 aromatic heterocycles. The lowest BCUT2D eigenvalue weighted by atomic mass is 9.94. The van der Waals surface area contributed by atoms with Gasteiger partial charge >= 0.3 is 5.97 Å². The molecule has 0 radical (unpaired) electrons. The van der Waals surface area contributed by atoms with Crippen molar-refractivity contribution in [2.45, 2.75) is 94.2 Å². The third-order valence-electron chi connectivity index (χ3n) is 2.18. The second-order valence-corrected chi connectivity index (χ2v) is 9.71. The Morgan fingerprint density at radius 1 is 0.682 bits per heavy atom. The van der Waals surface area contributed by atoms with Crippen LogP contribution in [0.4, 0.5) is 0 Å². The van der Waals surface area contributed by atoms with E-state index < -0.39 is 5.41 Å². The Labute approximate surface area is 137 Å². The van der Waals surface area contributed by atoms with Crippen LogP contribution in [0.15, 0.2) is 0 Å². The molecule has 0 aliphatic carbocycles. The Morgan fingerprint density at radius 2 is 1.05 bits per heavy atom. The molecular weight excluding hydrogens is 278 g/mol. The van der Waals surface area contributed by atoms with Crippen molar-refractivity contribution in [3.63, 3.8) is 0 Å². The summed E-state index contributed by atoms with van der Waals surface area (Å²) in [5.74, 6) is -0.0463. The van der Waals surface area contributed by atoms with Crippen LogP contribution in [-0.2, 0) is 14.3 Å². The smallest absolute Gasteiger partial charge is 0.311 e. The van der Waals surface area contributed by atoms with Gasteiger partial charge in [0.05, 0.1) is 5.41 Å². The molecule has 0 saturated carbocycles. The fourth-order valence-corrected chi connectivity index (χ4v) is 0.959. The number of hydrogen-bond acceptors (Lipinski definition) is 3. The zero-order valence-electron chi connectivity index (χ0n) is 16.7. The number of carbonyl (C=O) groups is 2. The highest BCUT2D eigenvalue weighted by Crippen LogP contribution is 2.19. The van der Waals surface area contributed by atoms with E-state index in [0.29, 0.717) is 0 Å². The first-order valence-corrected chi connectivity index (χ1v) is 7.82. The van der Waals surface area contributed by atoms with Gasteiger partial charge in [0.1, 0.15) is 5.60 Å². The average Bonchev–Trinajstić information content (AvgIpc) is 2.09. The zero-order valence-corrected chi connectivity index (χ0v) is 16.7. The summed E-state index contributed by atoms with van der Waals surface area (Å²) < 4.78 is 5.16. The molecule has 4 nitrogen and oxygen atoms in total. The third kappa shape index (κ3) is 13.9. The molecular formula is C18H37NO3. The van der Waals surface area contributed by atoms with Gasteiger partial charge in [0.2, 0.25) is 5.91 Å². The van der Waals surface area contributed by atoms with Crippen molar-refractivity contribution in [2.75, 3.05) is 0 Å². The zero-order chi connectivity index (χ0) is 18.6. The van der Waals surface area contributed by atoms with Crippen LogP contribution in [0.1, 0.15) is 83.1 Å². The van der Waals surface area contributed by atoms with Gasteiger partial charge in [-0.1, -0.05) is 20.8 Å². The van der Waals surface area contributed by atoms with Gasteiger partial charge in [-0.05, 0) is 62.3 Å². The van der Waals surface area contributed by atoms with Gasteiger partial charge in [-0.3, -0.25) is 9.59 Å². The maximum absolute atomic E-state index is 11.4. The first kappa shape index (κ1) is 23.2. The molecule has 1 N–H and O–H groups in total. The number of hydrogen-bond donors (Lipinski definition) is 1. The van der Waals surface area contributed by atoms with Gasteiger partial charge < -0.3 is 10.1 Å². The van der Waals surface area contributed by atoms with Gasteiger partial charge in [0.15, 0.2) is 0 Å². The Kier molecular flexibility index (Phi) is 7.88. The van der Waals surface area contributed by atoms with Crippen LogP contribution in [0.5, 0.6) is 0 Å². The first-order valence-electron chi connectivity index (χ1n) is 7.82. The van der Waals surface area contributed by atoms with Crippen molar-refractivity contribution in [1.82, 2.24) is 5.32 Å². The minimum Gasteiger partial charge on any atom is -0.460 e. The predicted molar refractivity (Wildman–Crippen MR) is 92.7 cm³/mol. The van der Waals surface area contributed by atoms with Crippen molar-refractivity contribution < 1.29 is 14.3 Å². The fraction of sp³-hybridized carbons (Fsp3) is 0.889. The molecule has 0 aromatic rings. The maximum atomic E-state index is 11.4. The average molecular weight is 315 g/mol. The molecule has 1 amide bonds. The van der Waals surface area contributed by atoms with E-state index in [1.165, 1.54) is 0 Å². The quantitative estimate of drug-likeness (QED) is 0.677. The Balaban J connectivity index is 0. The summed E-state index contributed by atoms with van der Waals surface area (Å²) in [7, 11) is 0. The number of amides is 1. The van der Waals surface area contributed by atoms with E-state index in [2.05, 4.69) is 5.32 Å². The van der Waals surface area contributed by atoms with Gasteiger partial charge in [-0.25, -0.2) is 0 Å². The highest BCUT2D eigenvalue weighted by molar-refractivity contribution is 5.81. The van der Waals surface area contributed by atoms with Crippen LogP contribution in [0.3, 0.4) is 0 Å². The highest BCUT2D eigenvalue weighted by atomic mass is 16.6. The molecule has 0 unspecified atom stereocenters. The number of carbonyl (C=O) groups excluding carboxylic acids is 2. The topological polar surface area (TPSA) is 55.4 Å². The van der Waals surface area contributed by atoms with E-state index in [1.54, 1.807) is 0 Å². The Morgan fingerprint density at radius 3 is 1.14 bits per heavy atom. The molecule has 0 atom stereocenters. The van der Waals surface area contributed by atoms with E-state index in [0.717, 1.165) is 0 Å². The molecule has 0 aliphatic rings. The summed E-state index contributed by atoms with van der Waals surface area (Å²) in [5, 5.41) is 2.92. The summed E-state index contributed by atoms with van der Waals surface area (Å²) in [6, 6.07) is 0. The lowest BCUT2D eigenvalue weighted by Gasteiger charge is -2.26. The van der Waals surface area contributed by atoms with Crippen molar-refractivity contribution in [3.05, 3.63) is 0 Å². The minimum atomic E-state index is -0.396. The normalized spacial score (nSPS) is 12.9. The van der Waals surface area contributed by atoms with Gasteiger partial charge in [-0.2, -0.15) is 0 Å². The van der Waals surface area contributed by atoms with Crippen molar-refractivity contribution in [2.24, 2.45) is 10.8 Å². The van der Waals surface area contributed by atoms with Gasteiger partial charge in [-0.15, -0.1) is 0 Å². The molecule has 132 valence electrons. The van der Waals surface area contributed by atoms with E-state index >= 15 is 0 Å². The molecule has 0 spiro atoms.